The van der Waals surface area contributed by atoms with Crippen LogP contribution in [-0.4, -0.2) is 26.2 Å². The fourth-order valence-electron chi connectivity index (χ4n) is 5.23. The first-order chi connectivity index (χ1) is 17.8. The molecule has 0 aromatic heterocycles. The third-order valence-electron chi connectivity index (χ3n) is 7.41. The maximum Gasteiger partial charge on any atom is 0.578 e. The van der Waals surface area contributed by atoms with Gasteiger partial charge in [0, 0.05) is 5.92 Å². The summed E-state index contributed by atoms with van der Waals surface area (Å²) in [5.41, 5.74) is 8.59. The van der Waals surface area contributed by atoms with Gasteiger partial charge in [-0.25, -0.2) is 0 Å². The van der Waals surface area contributed by atoms with E-state index < -0.39 is 16.8 Å². The van der Waals surface area contributed by atoms with E-state index in [0.717, 1.165) is 33.4 Å². The summed E-state index contributed by atoms with van der Waals surface area (Å²) in [7, 11) is -7.48. The summed E-state index contributed by atoms with van der Waals surface area (Å²) in [4.78, 5) is 39.5. The molecular weight excluding hydrogens is 542 g/mol. The van der Waals surface area contributed by atoms with Gasteiger partial charge in [-0.15, -0.1) is 0 Å². The van der Waals surface area contributed by atoms with Crippen LogP contribution in [0.1, 0.15) is 134 Å². The lowest BCUT2D eigenvalue weighted by Crippen LogP contribution is -2.26. The highest BCUT2D eigenvalue weighted by Gasteiger charge is 2.45. The Morgan fingerprint density at radius 2 is 1.00 bits per heavy atom. The van der Waals surface area contributed by atoms with E-state index in [0.29, 0.717) is 0 Å². The Hall–Kier alpha value is -0.940. The minimum absolute atomic E-state index is 0.0553. The van der Waals surface area contributed by atoms with Crippen molar-refractivity contribution in [3.05, 3.63) is 68.8 Å². The molecule has 0 spiro atoms. The van der Waals surface area contributed by atoms with Crippen molar-refractivity contribution in [1.29, 1.82) is 0 Å². The molecule has 0 aliphatic carbocycles. The Labute approximate surface area is 244 Å². The molecule has 0 saturated carbocycles. The first kappa shape index (κ1) is 35.3. The van der Waals surface area contributed by atoms with Gasteiger partial charge in [0.15, 0.2) is 0 Å². The van der Waals surface area contributed by atoms with E-state index in [1.165, 1.54) is 11.1 Å². The van der Waals surface area contributed by atoms with Crippen LogP contribution in [-0.2, 0) is 30.5 Å². The normalized spacial score (nSPS) is 14.0. The second-order valence-electron chi connectivity index (χ2n) is 15.2. The van der Waals surface area contributed by atoms with Crippen LogP contribution < -0.4 is 0 Å². The van der Waals surface area contributed by atoms with Gasteiger partial charge < -0.3 is 9.79 Å². The van der Waals surface area contributed by atoms with Crippen LogP contribution in [0.15, 0.2) is 24.3 Å². The van der Waals surface area contributed by atoms with Crippen molar-refractivity contribution in [1.82, 2.24) is 0 Å². The van der Waals surface area contributed by atoms with Crippen molar-refractivity contribution in [2.75, 3.05) is 6.61 Å². The molecule has 2 aromatic carbocycles. The van der Waals surface area contributed by atoms with Gasteiger partial charge >= 0.3 is 16.8 Å². The van der Waals surface area contributed by atoms with Gasteiger partial charge in [0.25, 0.3) is 0 Å². The molecule has 40 heavy (non-hydrogen) atoms. The molecule has 8 heteroatoms. The second-order valence-corrected chi connectivity index (χ2v) is 17.6. The van der Waals surface area contributed by atoms with Crippen LogP contribution in [0.2, 0.25) is 0 Å². The zero-order valence-corrected chi connectivity index (χ0v) is 28.9. The van der Waals surface area contributed by atoms with Crippen LogP contribution in [0.4, 0.5) is 0 Å². The summed E-state index contributed by atoms with van der Waals surface area (Å²) in [5, 5.41) is 0. The molecule has 0 atom stereocenters. The van der Waals surface area contributed by atoms with E-state index in [2.05, 4.69) is 126 Å². The minimum Gasteiger partial charge on any atom is -0.326 e. The fraction of sp³-hybridized carbons (Fsp3) is 0.625. The maximum absolute atomic E-state index is 10.4. The summed E-state index contributed by atoms with van der Waals surface area (Å²) < 4.78 is 10.3. The lowest BCUT2D eigenvalue weighted by atomic mass is 9.69. The van der Waals surface area contributed by atoms with Crippen molar-refractivity contribution in [2.45, 2.75) is 125 Å². The minimum atomic E-state index is -4.48. The average molecular weight is 596 g/mol. The van der Waals surface area contributed by atoms with E-state index in [1.54, 1.807) is 0 Å². The molecule has 0 unspecified atom stereocenters. The maximum atomic E-state index is 10.4. The molecule has 0 radical (unpaired) electrons. The van der Waals surface area contributed by atoms with Gasteiger partial charge in [-0.1, -0.05) is 112 Å². The SMILES string of the molecule is Cc1cc(C(C)(C)C)cc(C(C)(C)C)c1C(CO[P+](O)(O)OP(O)O)c1c(C)cc(C(C)(C)C)cc1C(C)(C)C. The van der Waals surface area contributed by atoms with E-state index in [9.17, 15) is 19.6 Å². The molecule has 4 N–H and O–H groups in total. The van der Waals surface area contributed by atoms with Crippen LogP contribution in [0, 0.1) is 13.8 Å². The van der Waals surface area contributed by atoms with Crippen molar-refractivity contribution in [2.24, 2.45) is 0 Å². The first-order valence-electron chi connectivity index (χ1n) is 13.9. The Kier molecular flexibility index (Phi) is 10.6. The van der Waals surface area contributed by atoms with Crippen LogP contribution in [0.3, 0.4) is 0 Å². The van der Waals surface area contributed by atoms with Gasteiger partial charge in [0.1, 0.15) is 6.61 Å². The van der Waals surface area contributed by atoms with Gasteiger partial charge in [-0.3, -0.25) is 0 Å². The molecule has 0 amide bonds. The molecule has 0 aliphatic rings. The molecule has 0 saturated heterocycles. The Bertz CT molecular complexity index is 1110. The highest BCUT2D eigenvalue weighted by atomic mass is 31.3. The van der Waals surface area contributed by atoms with E-state index >= 15 is 0 Å². The Morgan fingerprint density at radius 1 is 0.650 bits per heavy atom. The highest BCUT2D eigenvalue weighted by molar-refractivity contribution is 7.62. The number of hydrogen-bond acceptors (Lipinski definition) is 6. The smallest absolute Gasteiger partial charge is 0.326 e. The van der Waals surface area contributed by atoms with Gasteiger partial charge in [0.05, 0.1) is 0 Å². The fourth-order valence-corrected chi connectivity index (χ4v) is 6.52. The molecule has 2 rings (SSSR count). The third kappa shape index (κ3) is 8.79. The van der Waals surface area contributed by atoms with Crippen LogP contribution in [0.25, 0.3) is 0 Å². The summed E-state index contributed by atoms with van der Waals surface area (Å²) in [6.45, 7) is 30.5. The second kappa shape index (κ2) is 12.0. The average Bonchev–Trinajstić information content (AvgIpc) is 2.70. The zero-order chi connectivity index (χ0) is 31.2. The summed E-state index contributed by atoms with van der Waals surface area (Å²) in [6, 6.07) is 9.01. The third-order valence-corrected chi connectivity index (χ3v) is 9.33. The van der Waals surface area contributed by atoms with E-state index in [1.807, 2.05) is 0 Å². The summed E-state index contributed by atoms with van der Waals surface area (Å²) in [5.74, 6) is -0.377. The first-order valence-corrected chi connectivity index (χ1v) is 16.6. The topological polar surface area (TPSA) is 99.4 Å². The van der Waals surface area contributed by atoms with Gasteiger partial charge in [-0.2, -0.15) is 14.3 Å². The number of hydrogen-bond donors (Lipinski definition) is 4. The van der Waals surface area contributed by atoms with E-state index in [4.69, 9.17) is 4.52 Å². The number of aryl methyl sites for hydroxylation is 2. The monoisotopic (exact) mass is 595 g/mol. The predicted molar refractivity (Wildman–Crippen MR) is 169 cm³/mol. The van der Waals surface area contributed by atoms with Crippen molar-refractivity contribution >= 4 is 16.8 Å². The van der Waals surface area contributed by atoms with Gasteiger partial charge in [-0.05, 0) is 80.0 Å². The summed E-state index contributed by atoms with van der Waals surface area (Å²) in [6.07, 6.45) is 0. The van der Waals surface area contributed by atoms with Crippen molar-refractivity contribution < 1.29 is 28.4 Å². The van der Waals surface area contributed by atoms with Gasteiger partial charge in [0.2, 0.25) is 0 Å². The zero-order valence-electron chi connectivity index (χ0n) is 27.1. The molecule has 0 bridgehead atoms. The standard InChI is InChI=1S/C32H53O6P2/c1-20-15-22(29(3,4)5)17-25(31(9,10)11)27(20)24(19-37-40(35,36)38-39(33)34)28-21(2)16-23(30(6,7)8)18-26(28)32(12,13)14/h15-18,24,33-36H,19H2,1-14H3/q+1. The Balaban J connectivity index is 3.02. The molecule has 0 fully saturated rings. The number of benzene rings is 2. The highest BCUT2D eigenvalue weighted by Crippen LogP contribution is 2.61. The lowest BCUT2D eigenvalue weighted by Gasteiger charge is -2.36. The lowest BCUT2D eigenvalue weighted by molar-refractivity contribution is 0.155. The Morgan fingerprint density at radius 3 is 1.27 bits per heavy atom. The van der Waals surface area contributed by atoms with Crippen molar-refractivity contribution in [3.8, 4) is 0 Å². The van der Waals surface area contributed by atoms with Crippen LogP contribution >= 0.6 is 16.8 Å². The molecule has 2 aromatic rings. The predicted octanol–water partition coefficient (Wildman–Crippen LogP) is 8.53. The van der Waals surface area contributed by atoms with Crippen molar-refractivity contribution in [3.63, 3.8) is 0 Å². The quantitative estimate of drug-likeness (QED) is 0.240. The van der Waals surface area contributed by atoms with Crippen LogP contribution in [0.5, 0.6) is 0 Å². The molecule has 226 valence electrons. The largest absolute Gasteiger partial charge is 0.578 e. The molecule has 6 nitrogen and oxygen atoms in total. The summed E-state index contributed by atoms with van der Waals surface area (Å²) >= 11 is 0. The molecule has 0 aliphatic heterocycles. The molecule has 0 heterocycles. The molecular formula is C32H53O6P2+. The van der Waals surface area contributed by atoms with E-state index in [-0.39, 0.29) is 34.2 Å². The number of rotatable bonds is 7.